The van der Waals surface area contributed by atoms with Crippen LogP contribution in [0.1, 0.15) is 32.6 Å². The van der Waals surface area contributed by atoms with Crippen molar-refractivity contribution in [2.24, 2.45) is 5.92 Å². The second-order valence-corrected chi connectivity index (χ2v) is 4.33. The fourth-order valence-electron chi connectivity index (χ4n) is 2.93. The monoisotopic (exact) mass is 167 g/mol. The van der Waals surface area contributed by atoms with Gasteiger partial charge in [-0.1, -0.05) is 6.92 Å². The fourth-order valence-corrected chi connectivity index (χ4v) is 2.93. The Morgan fingerprint density at radius 2 is 1.92 bits per heavy atom. The molecule has 2 heteroatoms. The molecule has 0 amide bonds. The third-order valence-electron chi connectivity index (χ3n) is 3.41. The molecule has 2 saturated heterocycles. The van der Waals surface area contributed by atoms with Crippen LogP contribution < -0.4 is 0 Å². The lowest BCUT2D eigenvalue weighted by Crippen LogP contribution is -2.43. The lowest BCUT2D eigenvalue weighted by molar-refractivity contribution is -0.110. The molecule has 2 atom stereocenters. The molecule has 68 valence electrons. The zero-order valence-corrected chi connectivity index (χ0v) is 7.70. The van der Waals surface area contributed by atoms with Gasteiger partial charge >= 0.3 is 0 Å². The van der Waals surface area contributed by atoms with Crippen molar-refractivity contribution in [1.29, 1.82) is 0 Å². The molecule has 0 aliphatic carbocycles. The van der Waals surface area contributed by atoms with Crippen molar-refractivity contribution < 1.29 is 4.79 Å². The number of carbonyl (C=O) groups is 1. The topological polar surface area (TPSA) is 20.3 Å². The Morgan fingerprint density at radius 3 is 2.42 bits per heavy atom. The Labute approximate surface area is 73.9 Å². The summed E-state index contributed by atoms with van der Waals surface area (Å²) in [4.78, 5) is 12.8. The van der Waals surface area contributed by atoms with Crippen LogP contribution >= 0.6 is 0 Å². The van der Waals surface area contributed by atoms with Gasteiger partial charge in [-0.2, -0.15) is 0 Å². The van der Waals surface area contributed by atoms with Crippen molar-refractivity contribution in [3.8, 4) is 0 Å². The highest BCUT2D eigenvalue weighted by molar-refractivity contribution is 5.52. The van der Waals surface area contributed by atoms with E-state index in [-0.39, 0.29) is 0 Å². The van der Waals surface area contributed by atoms with Gasteiger partial charge in [-0.05, 0) is 31.6 Å². The minimum Gasteiger partial charge on any atom is -0.302 e. The summed E-state index contributed by atoms with van der Waals surface area (Å²) in [6, 6.07) is 1.45. The van der Waals surface area contributed by atoms with Crippen molar-refractivity contribution in [3.05, 3.63) is 0 Å². The molecule has 12 heavy (non-hydrogen) atoms. The minimum absolute atomic E-state index is 0.669. The van der Waals surface area contributed by atoms with E-state index in [1.165, 1.54) is 25.7 Å². The second-order valence-electron chi connectivity index (χ2n) is 4.33. The Kier molecular flexibility index (Phi) is 2.18. The van der Waals surface area contributed by atoms with Crippen molar-refractivity contribution in [1.82, 2.24) is 4.90 Å². The molecule has 2 aliphatic heterocycles. The molecule has 2 heterocycles. The van der Waals surface area contributed by atoms with Crippen LogP contribution in [0, 0.1) is 5.92 Å². The van der Waals surface area contributed by atoms with Crippen LogP contribution in [0.15, 0.2) is 0 Å². The molecule has 0 saturated carbocycles. The van der Waals surface area contributed by atoms with Crippen molar-refractivity contribution in [2.75, 3.05) is 6.54 Å². The predicted octanol–water partition coefficient (Wildman–Crippen LogP) is 1.45. The van der Waals surface area contributed by atoms with E-state index in [2.05, 4.69) is 11.8 Å². The lowest BCUT2D eigenvalue weighted by atomic mass is 9.92. The molecule has 2 nitrogen and oxygen atoms in total. The molecule has 0 radical (unpaired) electrons. The maximum atomic E-state index is 10.4. The highest BCUT2D eigenvalue weighted by Gasteiger charge is 2.38. The van der Waals surface area contributed by atoms with E-state index in [0.717, 1.165) is 24.3 Å². The molecule has 0 aromatic carbocycles. The van der Waals surface area contributed by atoms with Gasteiger partial charge in [0.25, 0.3) is 0 Å². The third-order valence-corrected chi connectivity index (χ3v) is 3.41. The standard InChI is InChI=1S/C10H17NO/c1-8-6-9-2-3-10(7-8)11(9)4-5-12/h5,8-10H,2-4,6-7H2,1H3. The Bertz CT molecular complexity index is 167. The van der Waals surface area contributed by atoms with E-state index >= 15 is 0 Å². The van der Waals surface area contributed by atoms with Crippen LogP contribution in [0.5, 0.6) is 0 Å². The number of hydrogen-bond acceptors (Lipinski definition) is 2. The average molecular weight is 167 g/mol. The summed E-state index contributed by atoms with van der Waals surface area (Å²) in [6.07, 6.45) is 6.32. The fraction of sp³-hybridized carbons (Fsp3) is 0.900. The highest BCUT2D eigenvalue weighted by Crippen LogP contribution is 2.37. The predicted molar refractivity (Wildman–Crippen MR) is 48.0 cm³/mol. The first-order valence-corrected chi connectivity index (χ1v) is 5.00. The summed E-state index contributed by atoms with van der Waals surface area (Å²) in [5.74, 6) is 0.880. The number of aldehydes is 1. The first-order valence-electron chi connectivity index (χ1n) is 5.00. The Morgan fingerprint density at radius 1 is 1.33 bits per heavy atom. The van der Waals surface area contributed by atoms with Crippen LogP contribution in [0.3, 0.4) is 0 Å². The maximum Gasteiger partial charge on any atom is 0.134 e. The van der Waals surface area contributed by atoms with Gasteiger partial charge in [0, 0.05) is 12.1 Å². The summed E-state index contributed by atoms with van der Waals surface area (Å²) >= 11 is 0. The Balaban J connectivity index is 2.03. The van der Waals surface area contributed by atoms with Gasteiger partial charge in [-0.15, -0.1) is 0 Å². The number of hydrogen-bond donors (Lipinski definition) is 0. The molecule has 2 fully saturated rings. The lowest BCUT2D eigenvalue weighted by Gasteiger charge is -2.36. The molecular formula is C10H17NO. The van der Waals surface area contributed by atoms with E-state index in [1.54, 1.807) is 0 Å². The number of piperidine rings is 1. The smallest absolute Gasteiger partial charge is 0.134 e. The molecular weight excluding hydrogens is 150 g/mol. The molecule has 2 aliphatic rings. The van der Waals surface area contributed by atoms with Gasteiger partial charge in [-0.3, -0.25) is 4.90 Å². The quantitative estimate of drug-likeness (QED) is 0.580. The van der Waals surface area contributed by atoms with Gasteiger partial charge in [0.05, 0.1) is 6.54 Å². The van der Waals surface area contributed by atoms with Gasteiger partial charge in [0.15, 0.2) is 0 Å². The molecule has 0 aromatic rings. The summed E-state index contributed by atoms with van der Waals surface area (Å²) in [7, 11) is 0. The van der Waals surface area contributed by atoms with Gasteiger partial charge in [-0.25, -0.2) is 0 Å². The molecule has 2 bridgehead atoms. The van der Waals surface area contributed by atoms with Crippen molar-refractivity contribution in [3.63, 3.8) is 0 Å². The average Bonchev–Trinajstić information content (AvgIpc) is 2.32. The van der Waals surface area contributed by atoms with Crippen molar-refractivity contribution in [2.45, 2.75) is 44.7 Å². The van der Waals surface area contributed by atoms with Gasteiger partial charge < -0.3 is 4.79 Å². The first kappa shape index (κ1) is 8.24. The van der Waals surface area contributed by atoms with E-state index in [1.807, 2.05) is 0 Å². The van der Waals surface area contributed by atoms with Crippen LogP contribution in [0.2, 0.25) is 0 Å². The maximum absolute atomic E-state index is 10.4. The zero-order chi connectivity index (χ0) is 8.55. The highest BCUT2D eigenvalue weighted by atomic mass is 16.1. The zero-order valence-electron chi connectivity index (χ0n) is 7.70. The largest absolute Gasteiger partial charge is 0.302 e. The van der Waals surface area contributed by atoms with Crippen LogP contribution in [-0.2, 0) is 4.79 Å². The number of carbonyl (C=O) groups excluding carboxylic acids is 1. The number of rotatable bonds is 2. The van der Waals surface area contributed by atoms with Gasteiger partial charge in [0.2, 0.25) is 0 Å². The SMILES string of the molecule is CC1CC2CCC(C1)N2CC=O. The molecule has 2 rings (SSSR count). The van der Waals surface area contributed by atoms with E-state index < -0.39 is 0 Å². The van der Waals surface area contributed by atoms with Gasteiger partial charge in [0.1, 0.15) is 6.29 Å². The van der Waals surface area contributed by atoms with E-state index in [0.29, 0.717) is 6.54 Å². The van der Waals surface area contributed by atoms with Crippen LogP contribution in [0.25, 0.3) is 0 Å². The molecule has 0 spiro atoms. The van der Waals surface area contributed by atoms with Crippen LogP contribution in [-0.4, -0.2) is 29.8 Å². The van der Waals surface area contributed by atoms with Crippen LogP contribution in [0.4, 0.5) is 0 Å². The molecule has 2 unspecified atom stereocenters. The summed E-state index contributed by atoms with van der Waals surface area (Å²) < 4.78 is 0. The summed E-state index contributed by atoms with van der Waals surface area (Å²) in [5.41, 5.74) is 0. The second kappa shape index (κ2) is 3.17. The Hall–Kier alpha value is -0.370. The third kappa shape index (κ3) is 1.28. The van der Waals surface area contributed by atoms with E-state index in [4.69, 9.17) is 0 Å². The minimum atomic E-state index is 0.669. The first-order chi connectivity index (χ1) is 5.81. The number of nitrogens with zero attached hydrogens (tertiary/aromatic N) is 1. The molecule has 0 N–H and O–H groups in total. The van der Waals surface area contributed by atoms with Crippen molar-refractivity contribution >= 4 is 6.29 Å². The summed E-state index contributed by atoms with van der Waals surface area (Å²) in [6.45, 7) is 3.01. The normalized spacial score (nSPS) is 41.6. The molecule has 0 aromatic heterocycles. The van der Waals surface area contributed by atoms with E-state index in [9.17, 15) is 4.79 Å². The number of fused-ring (bicyclic) bond motifs is 2. The summed E-state index contributed by atoms with van der Waals surface area (Å²) in [5, 5.41) is 0.